The second-order valence-corrected chi connectivity index (χ2v) is 10.3. The molecule has 1 amide bonds. The molecule has 2 fully saturated rings. The summed E-state index contributed by atoms with van der Waals surface area (Å²) in [6.45, 7) is 4.68. The minimum Gasteiger partial charge on any atom is -0.495 e. The molecule has 3 heterocycles. The summed E-state index contributed by atoms with van der Waals surface area (Å²) in [6.07, 6.45) is 5.37. The van der Waals surface area contributed by atoms with E-state index in [1.807, 2.05) is 18.2 Å². The molecule has 0 spiro atoms. The fourth-order valence-corrected chi connectivity index (χ4v) is 6.88. The van der Waals surface area contributed by atoms with Gasteiger partial charge in [-0.25, -0.2) is 8.42 Å². The molecule has 2 aromatic rings. The molecule has 1 aromatic heterocycles. The number of amides is 1. The van der Waals surface area contributed by atoms with E-state index in [0.717, 1.165) is 12.1 Å². The van der Waals surface area contributed by atoms with Crippen LogP contribution in [0.15, 0.2) is 60.1 Å². The van der Waals surface area contributed by atoms with Gasteiger partial charge in [0.05, 0.1) is 29.3 Å². The lowest BCUT2D eigenvalue weighted by molar-refractivity contribution is -0.135. The highest BCUT2D eigenvalue weighted by molar-refractivity contribution is 7.89. The zero-order valence-electron chi connectivity index (χ0n) is 17.9. The predicted octanol–water partition coefficient (Wildman–Crippen LogP) is 3.50. The van der Waals surface area contributed by atoms with Crippen molar-refractivity contribution in [2.75, 3.05) is 13.7 Å². The van der Waals surface area contributed by atoms with Crippen molar-refractivity contribution in [3.8, 4) is 5.75 Å². The van der Waals surface area contributed by atoms with E-state index in [2.05, 4.69) is 11.6 Å². The summed E-state index contributed by atoms with van der Waals surface area (Å²) in [5.74, 6) is -0.00685. The van der Waals surface area contributed by atoms with E-state index in [4.69, 9.17) is 16.3 Å². The van der Waals surface area contributed by atoms with Crippen LogP contribution in [-0.4, -0.2) is 54.3 Å². The smallest absolute Gasteiger partial charge is 0.244 e. The van der Waals surface area contributed by atoms with Crippen LogP contribution >= 0.6 is 11.6 Å². The number of ether oxygens (including phenoxy) is 1. The van der Waals surface area contributed by atoms with Crippen molar-refractivity contribution < 1.29 is 17.9 Å². The first-order chi connectivity index (χ1) is 15.4. The monoisotopic (exact) mass is 475 g/mol. The number of carbonyl (C=O) groups excluding carboxylic acids is 1. The molecule has 0 saturated carbocycles. The number of fused-ring (bicyclic) bond motifs is 2. The number of nitrogens with zero attached hydrogens (tertiary/aromatic N) is 3. The lowest BCUT2D eigenvalue weighted by Crippen LogP contribution is -2.54. The van der Waals surface area contributed by atoms with Gasteiger partial charge in [-0.05, 0) is 49.6 Å². The molecular weight excluding hydrogens is 450 g/mol. The number of aromatic nitrogens is 1. The van der Waals surface area contributed by atoms with Crippen molar-refractivity contribution >= 4 is 27.5 Å². The molecule has 0 radical (unpaired) electrons. The molecule has 2 saturated heterocycles. The van der Waals surface area contributed by atoms with Gasteiger partial charge in [0.25, 0.3) is 0 Å². The largest absolute Gasteiger partial charge is 0.495 e. The normalized spacial score (nSPS) is 24.1. The van der Waals surface area contributed by atoms with Crippen LogP contribution < -0.4 is 4.74 Å². The minimum atomic E-state index is -3.98. The quantitative estimate of drug-likeness (QED) is 0.597. The summed E-state index contributed by atoms with van der Waals surface area (Å²) >= 11 is 6.22. The maximum Gasteiger partial charge on any atom is 0.244 e. The van der Waals surface area contributed by atoms with Gasteiger partial charge in [-0.1, -0.05) is 23.7 Å². The lowest BCUT2D eigenvalue weighted by Gasteiger charge is -2.40. The molecule has 1 aromatic carbocycles. The Labute approximate surface area is 193 Å². The van der Waals surface area contributed by atoms with Crippen LogP contribution in [0.5, 0.6) is 5.75 Å². The van der Waals surface area contributed by atoms with Crippen LogP contribution in [0.3, 0.4) is 0 Å². The van der Waals surface area contributed by atoms with Gasteiger partial charge in [0.2, 0.25) is 15.9 Å². The summed E-state index contributed by atoms with van der Waals surface area (Å²) in [7, 11) is -2.51. The van der Waals surface area contributed by atoms with E-state index in [1.165, 1.54) is 29.6 Å². The Morgan fingerprint density at radius 2 is 2.09 bits per heavy atom. The number of piperidine rings is 1. The minimum absolute atomic E-state index is 0.0500. The third-order valence-electron chi connectivity index (χ3n) is 6.21. The average molecular weight is 476 g/mol. The summed E-state index contributed by atoms with van der Waals surface area (Å²) < 4.78 is 34.1. The first kappa shape index (κ1) is 22.8. The third-order valence-corrected chi connectivity index (χ3v) is 8.44. The van der Waals surface area contributed by atoms with Crippen LogP contribution in [0.25, 0.3) is 0 Å². The van der Waals surface area contributed by atoms with Crippen molar-refractivity contribution in [1.82, 2.24) is 14.2 Å². The van der Waals surface area contributed by atoms with E-state index in [0.29, 0.717) is 31.7 Å². The Kier molecular flexibility index (Phi) is 6.55. The molecule has 4 rings (SSSR count). The van der Waals surface area contributed by atoms with E-state index in [-0.39, 0.29) is 27.8 Å². The molecule has 0 unspecified atom stereocenters. The average Bonchev–Trinajstić information content (AvgIpc) is 2.87. The molecule has 0 aliphatic carbocycles. The summed E-state index contributed by atoms with van der Waals surface area (Å²) in [6, 6.07) is 8.82. The Morgan fingerprint density at radius 3 is 2.75 bits per heavy atom. The first-order valence-electron chi connectivity index (χ1n) is 10.5. The maximum atomic E-state index is 13.8. The molecule has 2 bridgehead atoms. The lowest BCUT2D eigenvalue weighted by atomic mass is 9.90. The summed E-state index contributed by atoms with van der Waals surface area (Å²) in [5.41, 5.74) is 0.761. The fraction of sp³-hybridized carbons (Fsp3) is 0.391. The van der Waals surface area contributed by atoms with E-state index < -0.39 is 16.1 Å². The van der Waals surface area contributed by atoms with E-state index >= 15 is 0 Å². The van der Waals surface area contributed by atoms with E-state index in [9.17, 15) is 13.2 Å². The molecule has 2 aliphatic heterocycles. The van der Waals surface area contributed by atoms with Gasteiger partial charge in [0.15, 0.2) is 0 Å². The Morgan fingerprint density at radius 1 is 1.28 bits per heavy atom. The number of pyridine rings is 1. The van der Waals surface area contributed by atoms with Crippen LogP contribution in [0, 0.1) is 5.92 Å². The molecular formula is C23H26ClN3O4S. The van der Waals surface area contributed by atoms with Crippen molar-refractivity contribution in [3.63, 3.8) is 0 Å². The van der Waals surface area contributed by atoms with Gasteiger partial charge in [-0.15, -0.1) is 6.58 Å². The van der Waals surface area contributed by atoms with Crippen LogP contribution in [-0.2, 0) is 21.4 Å². The number of rotatable bonds is 6. The molecule has 32 heavy (non-hydrogen) atoms. The van der Waals surface area contributed by atoms with Gasteiger partial charge < -0.3 is 9.64 Å². The van der Waals surface area contributed by atoms with Gasteiger partial charge in [-0.2, -0.15) is 4.31 Å². The van der Waals surface area contributed by atoms with Crippen LogP contribution in [0.1, 0.15) is 25.0 Å². The fourth-order valence-electron chi connectivity index (χ4n) is 4.65. The van der Waals surface area contributed by atoms with Gasteiger partial charge in [-0.3, -0.25) is 9.78 Å². The number of hydrogen-bond acceptors (Lipinski definition) is 5. The van der Waals surface area contributed by atoms with Crippen molar-refractivity contribution in [2.45, 2.75) is 42.8 Å². The predicted molar refractivity (Wildman–Crippen MR) is 122 cm³/mol. The van der Waals surface area contributed by atoms with Crippen molar-refractivity contribution in [3.05, 3.63) is 66.0 Å². The highest BCUT2D eigenvalue weighted by Crippen LogP contribution is 2.39. The number of benzene rings is 1. The molecule has 9 heteroatoms. The molecule has 2 aliphatic rings. The Hall–Kier alpha value is -2.42. The van der Waals surface area contributed by atoms with Gasteiger partial charge >= 0.3 is 0 Å². The number of halogens is 1. The molecule has 3 atom stereocenters. The molecule has 7 nitrogen and oxygen atoms in total. The van der Waals surface area contributed by atoms with Gasteiger partial charge in [0.1, 0.15) is 11.8 Å². The Balaban J connectivity index is 1.74. The van der Waals surface area contributed by atoms with Crippen molar-refractivity contribution in [1.29, 1.82) is 0 Å². The standard InChI is InChI=1S/C23H26ClN3O4S/c1-3-16-14-26(15-17-7-4-5-12-25-17)23(28)21-9-6-8-20(16)27(21)32(29,30)18-10-11-22(31-2)19(24)13-18/h3-5,7,10-13,16,20-21H,1,6,8-9,14-15H2,2H3/t16-,20-,21+/m1/s1. The third kappa shape index (κ3) is 4.14. The SMILES string of the molecule is C=C[C@@H]1CN(Cc2ccccn2)C(=O)[C@@H]2CCC[C@H]1N2S(=O)(=O)c1ccc(OC)c(Cl)c1. The number of hydrogen-bond donors (Lipinski definition) is 0. The highest BCUT2D eigenvalue weighted by atomic mass is 35.5. The topological polar surface area (TPSA) is 79.8 Å². The van der Waals surface area contributed by atoms with Crippen LogP contribution in [0.4, 0.5) is 0 Å². The number of carbonyl (C=O) groups is 1. The second-order valence-electron chi connectivity index (χ2n) is 8.08. The highest BCUT2D eigenvalue weighted by Gasteiger charge is 2.49. The van der Waals surface area contributed by atoms with E-state index in [1.54, 1.807) is 17.2 Å². The zero-order chi connectivity index (χ0) is 22.9. The summed E-state index contributed by atoms with van der Waals surface area (Å²) in [4.78, 5) is 19.7. The first-order valence-corrected chi connectivity index (χ1v) is 12.4. The maximum absolute atomic E-state index is 13.8. The summed E-state index contributed by atoms with van der Waals surface area (Å²) in [5, 5.41) is 0.205. The Bertz CT molecular complexity index is 1110. The molecule has 0 N–H and O–H groups in total. The second kappa shape index (κ2) is 9.21. The van der Waals surface area contributed by atoms with Gasteiger partial charge in [0, 0.05) is 24.7 Å². The zero-order valence-corrected chi connectivity index (χ0v) is 19.4. The van der Waals surface area contributed by atoms with Crippen molar-refractivity contribution in [2.24, 2.45) is 5.92 Å². The number of methoxy groups -OCH3 is 1. The number of sulfonamides is 1. The molecule has 170 valence electrons. The van der Waals surface area contributed by atoms with Crippen LogP contribution in [0.2, 0.25) is 5.02 Å².